The lowest BCUT2D eigenvalue weighted by atomic mass is 10.0. The van der Waals surface area contributed by atoms with Crippen LogP contribution in [0.1, 0.15) is 36.2 Å². The second-order valence-electron chi connectivity index (χ2n) is 6.22. The number of benzene rings is 2. The minimum atomic E-state index is -0.178. The number of H-pyrrole nitrogens is 1. The lowest BCUT2D eigenvalue weighted by Gasteiger charge is -2.22. The number of furan rings is 1. The molecule has 4 aromatic rings. The first-order chi connectivity index (χ1) is 12.7. The highest BCUT2D eigenvalue weighted by Crippen LogP contribution is 2.25. The fraction of sp³-hybridized carbons (Fsp3) is 0.143. The van der Waals surface area contributed by atoms with Crippen molar-refractivity contribution in [3.8, 4) is 0 Å². The molecule has 2 aromatic heterocycles. The van der Waals surface area contributed by atoms with Gasteiger partial charge in [-0.15, -0.1) is 0 Å². The van der Waals surface area contributed by atoms with Crippen LogP contribution >= 0.6 is 0 Å². The van der Waals surface area contributed by atoms with Gasteiger partial charge in [-0.3, -0.25) is 10.1 Å². The van der Waals surface area contributed by atoms with E-state index in [0.29, 0.717) is 16.7 Å². The largest absolute Gasteiger partial charge is 0.467 e. The maximum Gasteiger partial charge on any atom is 0.258 e. The van der Waals surface area contributed by atoms with E-state index in [9.17, 15) is 4.79 Å². The highest BCUT2D eigenvalue weighted by Gasteiger charge is 2.21. The minimum Gasteiger partial charge on any atom is -0.467 e. The van der Waals surface area contributed by atoms with Gasteiger partial charge in [0.2, 0.25) is 0 Å². The van der Waals surface area contributed by atoms with Crippen LogP contribution in [0.25, 0.3) is 10.9 Å². The van der Waals surface area contributed by atoms with Crippen LogP contribution in [0.4, 0.5) is 0 Å². The lowest BCUT2D eigenvalue weighted by molar-refractivity contribution is 0.412. The topological polar surface area (TPSA) is 70.9 Å². The van der Waals surface area contributed by atoms with Crippen molar-refractivity contribution in [1.29, 1.82) is 0 Å². The van der Waals surface area contributed by atoms with Crippen molar-refractivity contribution in [3.63, 3.8) is 0 Å². The summed E-state index contributed by atoms with van der Waals surface area (Å²) in [7, 11) is 0. The number of hydrogen-bond donors (Lipinski definition) is 2. The first kappa shape index (κ1) is 16.3. The molecule has 0 fully saturated rings. The Labute approximate surface area is 150 Å². The van der Waals surface area contributed by atoms with Gasteiger partial charge in [-0.1, -0.05) is 42.5 Å². The predicted molar refractivity (Wildman–Crippen MR) is 101 cm³/mol. The van der Waals surface area contributed by atoms with Crippen molar-refractivity contribution in [2.24, 2.45) is 0 Å². The normalized spacial score (nSPS) is 13.6. The van der Waals surface area contributed by atoms with Gasteiger partial charge < -0.3 is 9.40 Å². The van der Waals surface area contributed by atoms with E-state index < -0.39 is 0 Å². The number of nitrogens with one attached hydrogen (secondary N) is 2. The monoisotopic (exact) mass is 345 g/mol. The number of hydrogen-bond acceptors (Lipinski definition) is 4. The Balaban J connectivity index is 1.69. The predicted octanol–water partition coefficient (Wildman–Crippen LogP) is 3.96. The first-order valence-corrected chi connectivity index (χ1v) is 8.56. The Morgan fingerprint density at radius 2 is 1.77 bits per heavy atom. The van der Waals surface area contributed by atoms with E-state index in [-0.39, 0.29) is 17.6 Å². The van der Waals surface area contributed by atoms with Crippen LogP contribution in [0.5, 0.6) is 0 Å². The van der Waals surface area contributed by atoms with Crippen LogP contribution in [-0.2, 0) is 0 Å². The quantitative estimate of drug-likeness (QED) is 0.574. The summed E-state index contributed by atoms with van der Waals surface area (Å²) in [4.78, 5) is 19.9. The number of aromatic amines is 1. The molecule has 0 aliphatic carbocycles. The average molecular weight is 345 g/mol. The van der Waals surface area contributed by atoms with E-state index >= 15 is 0 Å². The van der Waals surface area contributed by atoms with Crippen molar-refractivity contribution < 1.29 is 4.42 Å². The van der Waals surface area contributed by atoms with Gasteiger partial charge in [0.15, 0.2) is 0 Å². The van der Waals surface area contributed by atoms with E-state index in [0.717, 1.165) is 11.3 Å². The van der Waals surface area contributed by atoms with Crippen LogP contribution in [0, 0.1) is 0 Å². The number of para-hydroxylation sites is 1. The van der Waals surface area contributed by atoms with Crippen LogP contribution in [-0.4, -0.2) is 9.97 Å². The third-order valence-corrected chi connectivity index (χ3v) is 4.42. The lowest BCUT2D eigenvalue weighted by Crippen LogP contribution is -2.28. The number of nitrogens with zero attached hydrogens (tertiary/aromatic N) is 1. The van der Waals surface area contributed by atoms with Crippen molar-refractivity contribution in [2.45, 2.75) is 19.0 Å². The zero-order valence-electron chi connectivity index (χ0n) is 14.3. The fourth-order valence-corrected chi connectivity index (χ4v) is 3.08. The van der Waals surface area contributed by atoms with Gasteiger partial charge in [0, 0.05) is 0 Å². The van der Waals surface area contributed by atoms with E-state index in [1.807, 2.05) is 67.6 Å². The summed E-state index contributed by atoms with van der Waals surface area (Å²) in [5.41, 5.74) is 1.64. The third kappa shape index (κ3) is 3.17. The molecular weight excluding hydrogens is 326 g/mol. The summed E-state index contributed by atoms with van der Waals surface area (Å²) in [5, 5.41) is 4.11. The standard InChI is InChI=1S/C21H19N3O2/c1-14(20-23-17-11-6-5-10-16(17)21(25)24-20)22-19(18-12-7-13-26-18)15-8-3-2-4-9-15/h2-14,19,22H,1H3,(H,23,24,25)/t14-,19+/m0/s1. The fourth-order valence-electron chi connectivity index (χ4n) is 3.08. The molecule has 0 saturated heterocycles. The molecule has 0 saturated carbocycles. The van der Waals surface area contributed by atoms with E-state index in [1.54, 1.807) is 12.3 Å². The molecule has 0 aliphatic rings. The van der Waals surface area contributed by atoms with E-state index in [2.05, 4.69) is 15.3 Å². The molecule has 0 unspecified atom stereocenters. The first-order valence-electron chi connectivity index (χ1n) is 8.56. The second kappa shape index (κ2) is 6.98. The molecule has 0 aliphatic heterocycles. The molecule has 26 heavy (non-hydrogen) atoms. The molecule has 0 radical (unpaired) electrons. The molecule has 0 bridgehead atoms. The molecule has 5 heteroatoms. The third-order valence-electron chi connectivity index (χ3n) is 4.42. The van der Waals surface area contributed by atoms with Crippen molar-refractivity contribution in [1.82, 2.24) is 15.3 Å². The van der Waals surface area contributed by atoms with Gasteiger partial charge in [0.05, 0.1) is 29.2 Å². The highest BCUT2D eigenvalue weighted by molar-refractivity contribution is 5.77. The molecule has 2 heterocycles. The number of rotatable bonds is 5. The smallest absolute Gasteiger partial charge is 0.258 e. The van der Waals surface area contributed by atoms with Crippen LogP contribution < -0.4 is 10.9 Å². The Bertz CT molecular complexity index is 1060. The Hall–Kier alpha value is -3.18. The van der Waals surface area contributed by atoms with Gasteiger partial charge in [-0.2, -0.15) is 0 Å². The van der Waals surface area contributed by atoms with E-state index in [1.165, 1.54) is 0 Å². The van der Waals surface area contributed by atoms with E-state index in [4.69, 9.17) is 4.42 Å². The molecule has 130 valence electrons. The van der Waals surface area contributed by atoms with Crippen LogP contribution in [0.15, 0.2) is 82.2 Å². The van der Waals surface area contributed by atoms with Crippen molar-refractivity contribution >= 4 is 10.9 Å². The van der Waals surface area contributed by atoms with Gasteiger partial charge in [-0.05, 0) is 36.8 Å². The molecule has 0 spiro atoms. The molecule has 5 nitrogen and oxygen atoms in total. The molecule has 2 N–H and O–H groups in total. The molecule has 2 atom stereocenters. The zero-order valence-corrected chi connectivity index (χ0v) is 14.3. The van der Waals surface area contributed by atoms with Crippen LogP contribution in [0.3, 0.4) is 0 Å². The van der Waals surface area contributed by atoms with Crippen LogP contribution in [0.2, 0.25) is 0 Å². The SMILES string of the molecule is C[C@H](N[C@H](c1ccccc1)c1ccco1)c1nc2ccccc2c(=O)[nH]1. The second-order valence-corrected chi connectivity index (χ2v) is 6.22. The zero-order chi connectivity index (χ0) is 17.9. The Morgan fingerprint density at radius 3 is 2.54 bits per heavy atom. The summed E-state index contributed by atoms with van der Waals surface area (Å²) in [6, 6.07) is 20.9. The van der Waals surface area contributed by atoms with Gasteiger partial charge >= 0.3 is 0 Å². The van der Waals surface area contributed by atoms with Crippen molar-refractivity contribution in [3.05, 3.63) is 100 Å². The molecular formula is C21H19N3O2. The molecule has 0 amide bonds. The average Bonchev–Trinajstić information content (AvgIpc) is 3.21. The minimum absolute atomic E-state index is 0.131. The van der Waals surface area contributed by atoms with Gasteiger partial charge in [0.1, 0.15) is 11.6 Å². The molecule has 4 rings (SSSR count). The summed E-state index contributed by atoms with van der Waals surface area (Å²) in [6.45, 7) is 1.98. The number of fused-ring (bicyclic) bond motifs is 1. The summed E-state index contributed by atoms with van der Waals surface area (Å²) in [5.74, 6) is 1.41. The summed E-state index contributed by atoms with van der Waals surface area (Å²) in [6.07, 6.45) is 1.66. The maximum atomic E-state index is 12.3. The highest BCUT2D eigenvalue weighted by atomic mass is 16.3. The molecule has 2 aromatic carbocycles. The van der Waals surface area contributed by atoms with Crippen molar-refractivity contribution in [2.75, 3.05) is 0 Å². The Morgan fingerprint density at radius 1 is 1.00 bits per heavy atom. The Kier molecular flexibility index (Phi) is 4.37. The summed E-state index contributed by atoms with van der Waals surface area (Å²) < 4.78 is 5.63. The summed E-state index contributed by atoms with van der Waals surface area (Å²) >= 11 is 0. The van der Waals surface area contributed by atoms with Gasteiger partial charge in [0.25, 0.3) is 5.56 Å². The van der Waals surface area contributed by atoms with Gasteiger partial charge in [-0.25, -0.2) is 4.98 Å². The number of aromatic nitrogens is 2. The maximum absolute atomic E-state index is 12.3.